The topological polar surface area (TPSA) is 66.8 Å². The van der Waals surface area contributed by atoms with Crippen LogP contribution in [-0.4, -0.2) is 40.4 Å². The molecule has 0 radical (unpaired) electrons. The molecule has 2 aromatic carbocycles. The maximum absolute atomic E-state index is 12.9. The van der Waals surface area contributed by atoms with Gasteiger partial charge < -0.3 is 14.7 Å². The predicted molar refractivity (Wildman–Crippen MR) is 101 cm³/mol. The molecule has 2 aromatic rings. The van der Waals surface area contributed by atoms with E-state index in [2.05, 4.69) is 0 Å². The molecule has 5 heteroatoms. The number of fused-ring (bicyclic) bond motifs is 2. The molecule has 0 aliphatic carbocycles. The number of benzene rings is 2. The minimum atomic E-state index is -0.683. The monoisotopic (exact) mass is 365 g/mol. The van der Waals surface area contributed by atoms with Crippen LogP contribution in [0.5, 0.6) is 5.75 Å². The van der Waals surface area contributed by atoms with Gasteiger partial charge in [-0.05, 0) is 37.5 Å². The highest BCUT2D eigenvalue weighted by Gasteiger charge is 2.30. The molecule has 1 N–H and O–H groups in total. The highest BCUT2D eigenvalue weighted by atomic mass is 16.5. The maximum atomic E-state index is 12.9. The van der Waals surface area contributed by atoms with Gasteiger partial charge in [-0.3, -0.25) is 9.59 Å². The fourth-order valence-corrected chi connectivity index (χ4v) is 3.68. The van der Waals surface area contributed by atoms with Gasteiger partial charge in [0.2, 0.25) is 5.91 Å². The van der Waals surface area contributed by atoms with Crippen LogP contribution >= 0.6 is 0 Å². The van der Waals surface area contributed by atoms with Crippen LogP contribution in [0.1, 0.15) is 46.8 Å². The van der Waals surface area contributed by atoms with Gasteiger partial charge in [-0.25, -0.2) is 0 Å². The Hall–Kier alpha value is -2.66. The molecule has 0 atom stereocenters. The number of aliphatic hydroxyl groups is 1. The van der Waals surface area contributed by atoms with E-state index in [0.29, 0.717) is 49.4 Å². The van der Waals surface area contributed by atoms with Gasteiger partial charge in [0.25, 0.3) is 0 Å². The molecule has 5 nitrogen and oxygen atoms in total. The van der Waals surface area contributed by atoms with E-state index in [9.17, 15) is 14.7 Å². The summed E-state index contributed by atoms with van der Waals surface area (Å²) in [7, 11) is 0. The van der Waals surface area contributed by atoms with Gasteiger partial charge in [0.1, 0.15) is 12.4 Å². The number of carbonyl (C=O) groups excluding carboxylic acids is 2. The molecule has 1 amide bonds. The van der Waals surface area contributed by atoms with Gasteiger partial charge in [-0.2, -0.15) is 0 Å². The van der Waals surface area contributed by atoms with Gasteiger partial charge in [0.05, 0.1) is 17.6 Å². The Balaban J connectivity index is 1.54. The molecule has 0 bridgehead atoms. The largest absolute Gasteiger partial charge is 0.488 e. The van der Waals surface area contributed by atoms with Crippen molar-refractivity contribution in [3.05, 3.63) is 64.7 Å². The fourth-order valence-electron chi connectivity index (χ4n) is 3.68. The molecule has 0 spiro atoms. The molecule has 140 valence electrons. The molecule has 27 heavy (non-hydrogen) atoms. The van der Waals surface area contributed by atoms with Gasteiger partial charge in [-0.15, -0.1) is 0 Å². The summed E-state index contributed by atoms with van der Waals surface area (Å²) in [6.07, 6.45) is 1.42. The lowest BCUT2D eigenvalue weighted by atomic mass is 9.93. The summed E-state index contributed by atoms with van der Waals surface area (Å²) < 4.78 is 5.80. The zero-order chi connectivity index (χ0) is 19.0. The van der Waals surface area contributed by atoms with E-state index in [1.54, 1.807) is 17.0 Å². The van der Waals surface area contributed by atoms with E-state index in [-0.39, 0.29) is 18.1 Å². The molecule has 2 heterocycles. The van der Waals surface area contributed by atoms with Gasteiger partial charge >= 0.3 is 0 Å². The van der Waals surface area contributed by atoms with Crippen molar-refractivity contribution in [2.45, 2.75) is 38.4 Å². The zero-order valence-corrected chi connectivity index (χ0v) is 15.4. The van der Waals surface area contributed by atoms with Crippen LogP contribution in [0.2, 0.25) is 0 Å². The number of ketones is 1. The molecule has 0 aromatic heterocycles. The molecule has 1 fully saturated rings. The van der Waals surface area contributed by atoms with E-state index in [1.165, 1.54) is 0 Å². The number of nitrogens with zero attached hydrogens (tertiary/aromatic N) is 1. The standard InChI is InChI=1S/C22H23NO4/c1-22(26)8-10-23(11-9-22)20(24)13-15-6-7-19-18(12-15)21(25)17-5-3-2-4-16(17)14-27-19/h2-7,12,26H,8-11,13-14H2,1H3. The average Bonchev–Trinajstić information content (AvgIpc) is 2.79. The Labute approximate surface area is 158 Å². The lowest BCUT2D eigenvalue weighted by molar-refractivity contribution is -0.134. The maximum Gasteiger partial charge on any atom is 0.226 e. The Kier molecular flexibility index (Phi) is 4.48. The second kappa shape index (κ2) is 6.82. The molecule has 2 aliphatic rings. The number of rotatable bonds is 2. The van der Waals surface area contributed by atoms with Crippen LogP contribution < -0.4 is 4.74 Å². The van der Waals surface area contributed by atoms with Crippen molar-refractivity contribution in [1.82, 2.24) is 4.90 Å². The molecule has 4 rings (SSSR count). The van der Waals surface area contributed by atoms with Gasteiger partial charge in [-0.1, -0.05) is 30.3 Å². The second-order valence-corrected chi connectivity index (χ2v) is 7.66. The normalized spacial score (nSPS) is 18.1. The summed E-state index contributed by atoms with van der Waals surface area (Å²) in [6.45, 7) is 3.30. The number of ether oxygens (including phenoxy) is 1. The molecular formula is C22H23NO4. The van der Waals surface area contributed by atoms with Crippen LogP contribution in [0.15, 0.2) is 42.5 Å². The van der Waals surface area contributed by atoms with Crippen molar-refractivity contribution < 1.29 is 19.4 Å². The van der Waals surface area contributed by atoms with Crippen molar-refractivity contribution in [2.24, 2.45) is 0 Å². The Morgan fingerprint density at radius 1 is 1.15 bits per heavy atom. The summed E-state index contributed by atoms with van der Waals surface area (Å²) in [5, 5.41) is 10.0. The lowest BCUT2D eigenvalue weighted by Crippen LogP contribution is -2.45. The lowest BCUT2D eigenvalue weighted by Gasteiger charge is -2.35. The highest BCUT2D eigenvalue weighted by molar-refractivity contribution is 6.12. The van der Waals surface area contributed by atoms with E-state index in [0.717, 1.165) is 11.1 Å². The minimum Gasteiger partial charge on any atom is -0.488 e. The summed E-state index contributed by atoms with van der Waals surface area (Å²) in [6, 6.07) is 12.9. The first-order chi connectivity index (χ1) is 12.9. The third kappa shape index (κ3) is 3.60. The van der Waals surface area contributed by atoms with E-state index >= 15 is 0 Å². The smallest absolute Gasteiger partial charge is 0.226 e. The van der Waals surface area contributed by atoms with Gasteiger partial charge in [0, 0.05) is 24.2 Å². The Morgan fingerprint density at radius 2 is 1.89 bits per heavy atom. The number of amides is 1. The number of hydrogen-bond acceptors (Lipinski definition) is 4. The Bertz CT molecular complexity index is 893. The van der Waals surface area contributed by atoms with Crippen molar-refractivity contribution in [2.75, 3.05) is 13.1 Å². The second-order valence-electron chi connectivity index (χ2n) is 7.66. The van der Waals surface area contributed by atoms with E-state index in [4.69, 9.17) is 4.74 Å². The van der Waals surface area contributed by atoms with Crippen LogP contribution in [0, 0.1) is 0 Å². The molecule has 0 saturated carbocycles. The highest BCUT2D eigenvalue weighted by Crippen LogP contribution is 2.30. The Morgan fingerprint density at radius 3 is 2.67 bits per heavy atom. The number of piperidine rings is 1. The quantitative estimate of drug-likeness (QED) is 0.889. The first-order valence-electron chi connectivity index (χ1n) is 9.31. The molecule has 2 aliphatic heterocycles. The van der Waals surface area contributed by atoms with Crippen molar-refractivity contribution in [3.8, 4) is 5.75 Å². The summed E-state index contributed by atoms with van der Waals surface area (Å²) >= 11 is 0. The third-order valence-electron chi connectivity index (χ3n) is 5.48. The summed E-state index contributed by atoms with van der Waals surface area (Å²) in [4.78, 5) is 27.3. The predicted octanol–water partition coefficient (Wildman–Crippen LogP) is 2.73. The number of likely N-dealkylation sites (tertiary alicyclic amines) is 1. The third-order valence-corrected chi connectivity index (χ3v) is 5.48. The number of hydrogen-bond donors (Lipinski definition) is 1. The van der Waals surface area contributed by atoms with Gasteiger partial charge in [0.15, 0.2) is 5.78 Å². The summed E-state index contributed by atoms with van der Waals surface area (Å²) in [5.74, 6) is 0.510. The van der Waals surface area contributed by atoms with Crippen molar-refractivity contribution in [3.63, 3.8) is 0 Å². The molecular weight excluding hydrogens is 342 g/mol. The fraction of sp³-hybridized carbons (Fsp3) is 0.364. The van der Waals surface area contributed by atoms with Crippen molar-refractivity contribution in [1.29, 1.82) is 0 Å². The zero-order valence-electron chi connectivity index (χ0n) is 15.4. The van der Waals surface area contributed by atoms with Crippen LogP contribution in [0.25, 0.3) is 0 Å². The molecule has 0 unspecified atom stereocenters. The van der Waals surface area contributed by atoms with Crippen LogP contribution in [0.4, 0.5) is 0 Å². The SMILES string of the molecule is CC1(O)CCN(C(=O)Cc2ccc3c(c2)C(=O)c2ccccc2CO3)CC1. The van der Waals surface area contributed by atoms with Crippen LogP contribution in [0.3, 0.4) is 0 Å². The summed E-state index contributed by atoms with van der Waals surface area (Å²) in [5.41, 5.74) is 2.15. The first-order valence-corrected chi connectivity index (χ1v) is 9.31. The minimum absolute atomic E-state index is 0.0211. The number of carbonyl (C=O) groups is 2. The van der Waals surface area contributed by atoms with E-state index in [1.807, 2.05) is 37.3 Å². The first kappa shape index (κ1) is 17.7. The average molecular weight is 365 g/mol. The van der Waals surface area contributed by atoms with E-state index < -0.39 is 5.60 Å². The van der Waals surface area contributed by atoms with Crippen molar-refractivity contribution >= 4 is 11.7 Å². The van der Waals surface area contributed by atoms with Crippen LogP contribution in [-0.2, 0) is 17.8 Å². The molecule has 1 saturated heterocycles.